The molecule has 1 unspecified atom stereocenters. The molecule has 0 spiro atoms. The number of anilines is 1. The third-order valence-corrected chi connectivity index (χ3v) is 4.11. The second kappa shape index (κ2) is 6.72. The second-order valence-electron chi connectivity index (χ2n) is 5.85. The fraction of sp³-hybridized carbons (Fsp3) is 0.389. The van der Waals surface area contributed by atoms with Gasteiger partial charge in [0, 0.05) is 31.4 Å². The highest BCUT2D eigenvalue weighted by atomic mass is 15.2. The third-order valence-electron chi connectivity index (χ3n) is 4.11. The maximum absolute atomic E-state index is 4.34. The Morgan fingerprint density at radius 2 is 2.05 bits per heavy atom. The van der Waals surface area contributed by atoms with Crippen molar-refractivity contribution >= 4 is 5.69 Å². The van der Waals surface area contributed by atoms with Crippen molar-refractivity contribution in [2.24, 2.45) is 0 Å². The van der Waals surface area contributed by atoms with Gasteiger partial charge in [-0.2, -0.15) is 0 Å². The Hall–Kier alpha value is -1.87. The third kappa shape index (κ3) is 4.05. The van der Waals surface area contributed by atoms with Gasteiger partial charge in [-0.15, -0.1) is 0 Å². The normalized spacial score (nSPS) is 18.8. The Balaban J connectivity index is 1.46. The molecule has 110 valence electrons. The Morgan fingerprint density at radius 1 is 1.19 bits per heavy atom. The molecule has 2 heterocycles. The second-order valence-corrected chi connectivity index (χ2v) is 5.85. The molecule has 1 aliphatic rings. The van der Waals surface area contributed by atoms with Crippen LogP contribution in [0, 0.1) is 6.92 Å². The molecular formula is C18H23N3. The molecule has 2 aromatic rings. The van der Waals surface area contributed by atoms with Crippen molar-refractivity contribution in [1.29, 1.82) is 0 Å². The van der Waals surface area contributed by atoms with Gasteiger partial charge in [-0.1, -0.05) is 30.3 Å². The van der Waals surface area contributed by atoms with Gasteiger partial charge in [0.05, 0.1) is 11.9 Å². The number of nitrogens with zero attached hydrogens (tertiary/aromatic N) is 2. The van der Waals surface area contributed by atoms with Crippen LogP contribution < -0.4 is 5.32 Å². The average molecular weight is 281 g/mol. The van der Waals surface area contributed by atoms with Gasteiger partial charge in [-0.3, -0.25) is 4.98 Å². The first-order chi connectivity index (χ1) is 10.3. The first kappa shape index (κ1) is 14.1. The molecule has 1 aromatic heterocycles. The molecule has 0 bridgehead atoms. The molecule has 21 heavy (non-hydrogen) atoms. The Morgan fingerprint density at radius 3 is 2.81 bits per heavy atom. The Bertz CT molecular complexity index is 550. The number of pyridine rings is 1. The van der Waals surface area contributed by atoms with Gasteiger partial charge in [0.25, 0.3) is 0 Å². The highest BCUT2D eigenvalue weighted by Gasteiger charge is 2.21. The number of likely N-dealkylation sites (tertiary alicyclic amines) is 1. The summed E-state index contributed by atoms with van der Waals surface area (Å²) < 4.78 is 0. The van der Waals surface area contributed by atoms with E-state index >= 15 is 0 Å². The largest absolute Gasteiger partial charge is 0.380 e. The van der Waals surface area contributed by atoms with Gasteiger partial charge >= 0.3 is 0 Å². The fourth-order valence-corrected chi connectivity index (χ4v) is 2.87. The van der Waals surface area contributed by atoms with E-state index in [0.717, 1.165) is 30.9 Å². The molecule has 1 atom stereocenters. The van der Waals surface area contributed by atoms with E-state index in [9.17, 15) is 0 Å². The number of aromatic nitrogens is 1. The number of benzene rings is 1. The van der Waals surface area contributed by atoms with Gasteiger partial charge in [0.2, 0.25) is 0 Å². The molecule has 1 saturated heterocycles. The zero-order valence-electron chi connectivity index (χ0n) is 12.6. The quantitative estimate of drug-likeness (QED) is 0.912. The number of aryl methyl sites for hydroxylation is 1. The lowest BCUT2D eigenvalue weighted by Gasteiger charge is -2.17. The summed E-state index contributed by atoms with van der Waals surface area (Å²) in [5, 5.41) is 3.59. The standard InChI is InChI=1S/C18H23N3/c1-15-7-8-17(13-19-15)20-18-10-12-21(14-18)11-9-16-5-3-2-4-6-16/h2-8,13,18,20H,9-12,14H2,1H3. The van der Waals surface area contributed by atoms with Gasteiger partial charge < -0.3 is 10.2 Å². The number of hydrogen-bond acceptors (Lipinski definition) is 3. The number of rotatable bonds is 5. The van der Waals surface area contributed by atoms with Crippen molar-refractivity contribution in [1.82, 2.24) is 9.88 Å². The van der Waals surface area contributed by atoms with Crippen LogP contribution in [0.2, 0.25) is 0 Å². The van der Waals surface area contributed by atoms with Crippen LogP contribution in [0.3, 0.4) is 0 Å². The minimum atomic E-state index is 0.547. The van der Waals surface area contributed by atoms with Crippen molar-refractivity contribution in [2.75, 3.05) is 25.0 Å². The fourth-order valence-electron chi connectivity index (χ4n) is 2.87. The number of hydrogen-bond donors (Lipinski definition) is 1. The van der Waals surface area contributed by atoms with Crippen molar-refractivity contribution in [3.63, 3.8) is 0 Å². The summed E-state index contributed by atoms with van der Waals surface area (Å²) in [6.45, 7) is 5.48. The van der Waals surface area contributed by atoms with Crippen molar-refractivity contribution in [3.05, 3.63) is 59.9 Å². The predicted molar refractivity (Wildman–Crippen MR) is 87.6 cm³/mol. The van der Waals surface area contributed by atoms with Gasteiger partial charge in [-0.05, 0) is 37.5 Å². The molecule has 0 saturated carbocycles. The van der Waals surface area contributed by atoms with E-state index < -0.39 is 0 Å². The van der Waals surface area contributed by atoms with Gasteiger partial charge in [0.15, 0.2) is 0 Å². The minimum absolute atomic E-state index is 0.547. The molecule has 0 aliphatic carbocycles. The first-order valence-electron chi connectivity index (χ1n) is 7.75. The molecule has 3 nitrogen and oxygen atoms in total. The maximum atomic E-state index is 4.34. The molecule has 0 radical (unpaired) electrons. The van der Waals surface area contributed by atoms with Crippen LogP contribution in [0.5, 0.6) is 0 Å². The van der Waals surface area contributed by atoms with E-state index in [1.807, 2.05) is 13.1 Å². The smallest absolute Gasteiger partial charge is 0.0529 e. The first-order valence-corrected chi connectivity index (χ1v) is 7.75. The molecule has 3 rings (SSSR count). The summed E-state index contributed by atoms with van der Waals surface area (Å²) >= 11 is 0. The lowest BCUT2D eigenvalue weighted by Crippen LogP contribution is -2.27. The van der Waals surface area contributed by atoms with Crippen LogP contribution in [-0.2, 0) is 6.42 Å². The lowest BCUT2D eigenvalue weighted by molar-refractivity contribution is 0.341. The molecular weight excluding hydrogens is 258 g/mol. The molecule has 1 fully saturated rings. The van der Waals surface area contributed by atoms with E-state index in [1.54, 1.807) is 0 Å². The van der Waals surface area contributed by atoms with Gasteiger partial charge in [0.1, 0.15) is 0 Å². The summed E-state index contributed by atoms with van der Waals surface area (Å²) in [7, 11) is 0. The lowest BCUT2D eigenvalue weighted by atomic mass is 10.1. The topological polar surface area (TPSA) is 28.2 Å². The SMILES string of the molecule is Cc1ccc(NC2CCN(CCc3ccccc3)C2)cn1. The van der Waals surface area contributed by atoms with E-state index in [2.05, 4.69) is 57.7 Å². The predicted octanol–water partition coefficient (Wildman–Crippen LogP) is 3.12. The minimum Gasteiger partial charge on any atom is -0.380 e. The monoisotopic (exact) mass is 281 g/mol. The van der Waals surface area contributed by atoms with Crippen molar-refractivity contribution < 1.29 is 0 Å². The maximum Gasteiger partial charge on any atom is 0.0529 e. The van der Waals surface area contributed by atoms with Crippen LogP contribution in [0.1, 0.15) is 17.7 Å². The molecule has 1 N–H and O–H groups in total. The van der Waals surface area contributed by atoms with Crippen LogP contribution in [0.15, 0.2) is 48.7 Å². The van der Waals surface area contributed by atoms with Crippen molar-refractivity contribution in [2.45, 2.75) is 25.8 Å². The zero-order valence-corrected chi connectivity index (χ0v) is 12.6. The molecule has 1 aromatic carbocycles. The highest BCUT2D eigenvalue weighted by Crippen LogP contribution is 2.16. The van der Waals surface area contributed by atoms with E-state index in [0.29, 0.717) is 6.04 Å². The summed E-state index contributed by atoms with van der Waals surface area (Å²) in [6, 6.07) is 15.5. The van der Waals surface area contributed by atoms with E-state index in [1.165, 1.54) is 18.5 Å². The van der Waals surface area contributed by atoms with E-state index in [-0.39, 0.29) is 0 Å². The zero-order chi connectivity index (χ0) is 14.5. The average Bonchev–Trinajstić information content (AvgIpc) is 2.96. The van der Waals surface area contributed by atoms with Crippen LogP contribution in [0.25, 0.3) is 0 Å². The summed E-state index contributed by atoms with van der Waals surface area (Å²) in [4.78, 5) is 6.89. The molecule has 3 heteroatoms. The summed E-state index contributed by atoms with van der Waals surface area (Å²) in [6.07, 6.45) is 4.28. The summed E-state index contributed by atoms with van der Waals surface area (Å²) in [5.41, 5.74) is 3.63. The number of nitrogens with one attached hydrogen (secondary N) is 1. The molecule has 0 amide bonds. The van der Waals surface area contributed by atoms with Gasteiger partial charge in [-0.25, -0.2) is 0 Å². The van der Waals surface area contributed by atoms with Crippen LogP contribution in [0.4, 0.5) is 5.69 Å². The Kier molecular flexibility index (Phi) is 4.51. The van der Waals surface area contributed by atoms with Crippen LogP contribution >= 0.6 is 0 Å². The molecule has 1 aliphatic heterocycles. The Labute approximate surface area is 127 Å². The highest BCUT2D eigenvalue weighted by molar-refractivity contribution is 5.42. The summed E-state index contributed by atoms with van der Waals surface area (Å²) in [5.74, 6) is 0. The van der Waals surface area contributed by atoms with Crippen LogP contribution in [-0.4, -0.2) is 35.6 Å². The van der Waals surface area contributed by atoms with Crippen molar-refractivity contribution in [3.8, 4) is 0 Å². The van der Waals surface area contributed by atoms with E-state index in [4.69, 9.17) is 0 Å².